The number of amides is 1. The minimum Gasteiger partial charge on any atom is -0.492 e. The van der Waals surface area contributed by atoms with Crippen molar-refractivity contribution in [1.29, 1.82) is 0 Å². The summed E-state index contributed by atoms with van der Waals surface area (Å²) in [5.74, 6) is 0.274. The second kappa shape index (κ2) is 11.5. The second-order valence-corrected chi connectivity index (χ2v) is 10.1. The standard InChI is InChI=1S/C29H33F3N6O2/c1-18-7-8-24(40-10-9-36(3)4)14-25(18)28(39)34-19(2)20-11-21(23-15-33-37(5)16-23)13-22(12-20)26-17-38(6)35-27(26)29(30,31)32/h7-8,11-17,19H,9-10H2,1-6H3,(H,34,39)/t19-/m1/s1. The highest BCUT2D eigenvalue weighted by molar-refractivity contribution is 5.96. The van der Waals surface area contributed by atoms with Crippen LogP contribution in [0.1, 0.15) is 40.1 Å². The molecule has 1 N–H and O–H groups in total. The largest absolute Gasteiger partial charge is 0.492 e. The van der Waals surface area contributed by atoms with Gasteiger partial charge in [-0.05, 0) is 80.5 Å². The maximum absolute atomic E-state index is 13.8. The lowest BCUT2D eigenvalue weighted by Crippen LogP contribution is -2.27. The van der Waals surface area contributed by atoms with Gasteiger partial charge in [0.25, 0.3) is 5.91 Å². The zero-order chi connectivity index (χ0) is 29.2. The van der Waals surface area contributed by atoms with Crippen LogP contribution in [-0.2, 0) is 20.3 Å². The normalized spacial score (nSPS) is 12.6. The molecule has 0 bridgehead atoms. The van der Waals surface area contributed by atoms with Crippen molar-refractivity contribution in [2.75, 3.05) is 27.2 Å². The highest BCUT2D eigenvalue weighted by atomic mass is 19.4. The highest BCUT2D eigenvalue weighted by Gasteiger charge is 2.37. The lowest BCUT2D eigenvalue weighted by atomic mass is 9.94. The van der Waals surface area contributed by atoms with Gasteiger partial charge in [0.2, 0.25) is 0 Å². The summed E-state index contributed by atoms with van der Waals surface area (Å²) in [5.41, 5.74) is 2.61. The predicted molar refractivity (Wildman–Crippen MR) is 147 cm³/mol. The summed E-state index contributed by atoms with van der Waals surface area (Å²) in [6, 6.07) is 10.0. The number of likely N-dealkylation sites (N-methyl/N-ethyl adjacent to an activating group) is 1. The number of benzene rings is 2. The minimum absolute atomic E-state index is 0.0427. The van der Waals surface area contributed by atoms with Gasteiger partial charge < -0.3 is 15.0 Å². The molecule has 0 saturated carbocycles. The Morgan fingerprint density at radius 2 is 1.77 bits per heavy atom. The van der Waals surface area contributed by atoms with Crippen molar-refractivity contribution >= 4 is 5.91 Å². The number of carbonyl (C=O) groups excluding carboxylic acids is 1. The lowest BCUT2D eigenvalue weighted by molar-refractivity contribution is -0.140. The molecule has 1 atom stereocenters. The summed E-state index contributed by atoms with van der Waals surface area (Å²) in [7, 11) is 7.12. The third-order valence-corrected chi connectivity index (χ3v) is 6.51. The molecule has 4 rings (SSSR count). The molecule has 4 aromatic rings. The number of hydrogen-bond acceptors (Lipinski definition) is 5. The molecule has 40 heavy (non-hydrogen) atoms. The lowest BCUT2D eigenvalue weighted by Gasteiger charge is -2.19. The van der Waals surface area contributed by atoms with Crippen molar-refractivity contribution in [3.63, 3.8) is 0 Å². The smallest absolute Gasteiger partial charge is 0.435 e. The number of rotatable bonds is 9. The summed E-state index contributed by atoms with van der Waals surface area (Å²) in [5, 5.41) is 10.9. The molecule has 0 fully saturated rings. The summed E-state index contributed by atoms with van der Waals surface area (Å²) < 4.78 is 50.0. The molecule has 2 aromatic heterocycles. The van der Waals surface area contributed by atoms with Gasteiger partial charge in [0.1, 0.15) is 12.4 Å². The molecule has 0 spiro atoms. The van der Waals surface area contributed by atoms with Gasteiger partial charge >= 0.3 is 6.18 Å². The van der Waals surface area contributed by atoms with Crippen LogP contribution >= 0.6 is 0 Å². The molecule has 0 saturated heterocycles. The Morgan fingerprint density at radius 1 is 1.05 bits per heavy atom. The minimum atomic E-state index is -4.63. The zero-order valence-electron chi connectivity index (χ0n) is 23.4. The average Bonchev–Trinajstić information content (AvgIpc) is 3.50. The van der Waals surface area contributed by atoms with Crippen LogP contribution in [0.3, 0.4) is 0 Å². The highest BCUT2D eigenvalue weighted by Crippen LogP contribution is 2.38. The van der Waals surface area contributed by atoms with Crippen LogP contribution in [0.2, 0.25) is 0 Å². The van der Waals surface area contributed by atoms with E-state index in [4.69, 9.17) is 4.74 Å². The Balaban J connectivity index is 1.68. The third kappa shape index (κ3) is 6.71. The molecule has 0 radical (unpaired) electrons. The van der Waals surface area contributed by atoms with E-state index in [1.165, 1.54) is 13.2 Å². The van der Waals surface area contributed by atoms with E-state index < -0.39 is 17.9 Å². The molecule has 0 aliphatic rings. The van der Waals surface area contributed by atoms with Crippen LogP contribution in [0.25, 0.3) is 22.3 Å². The Morgan fingerprint density at radius 3 is 2.42 bits per heavy atom. The monoisotopic (exact) mass is 554 g/mol. The van der Waals surface area contributed by atoms with Crippen LogP contribution < -0.4 is 10.1 Å². The Hall–Kier alpha value is -4.12. The number of nitrogens with zero attached hydrogens (tertiary/aromatic N) is 5. The molecule has 212 valence electrons. The number of alkyl halides is 3. The van der Waals surface area contributed by atoms with Gasteiger partial charge in [-0.2, -0.15) is 23.4 Å². The Bertz CT molecular complexity index is 1510. The fourth-order valence-corrected chi connectivity index (χ4v) is 4.34. The van der Waals surface area contributed by atoms with Gasteiger partial charge in [0.15, 0.2) is 5.69 Å². The summed E-state index contributed by atoms with van der Waals surface area (Å²) in [4.78, 5) is 15.3. The van der Waals surface area contributed by atoms with Gasteiger partial charge in [-0.1, -0.05) is 6.07 Å². The fraction of sp³-hybridized carbons (Fsp3) is 0.345. The van der Waals surface area contributed by atoms with Crippen LogP contribution in [0.4, 0.5) is 13.2 Å². The molecule has 0 aliphatic carbocycles. The quantitative estimate of drug-likeness (QED) is 0.306. The van der Waals surface area contributed by atoms with Gasteiger partial charge in [0, 0.05) is 49.7 Å². The van der Waals surface area contributed by atoms with E-state index in [1.54, 1.807) is 49.2 Å². The van der Waals surface area contributed by atoms with Crippen LogP contribution in [0.5, 0.6) is 5.75 Å². The van der Waals surface area contributed by atoms with Crippen LogP contribution in [0.15, 0.2) is 55.0 Å². The summed E-state index contributed by atoms with van der Waals surface area (Å²) >= 11 is 0. The number of aryl methyl sites for hydroxylation is 3. The van der Waals surface area contributed by atoms with E-state index >= 15 is 0 Å². The van der Waals surface area contributed by atoms with E-state index in [-0.39, 0.29) is 11.5 Å². The second-order valence-electron chi connectivity index (χ2n) is 10.1. The summed E-state index contributed by atoms with van der Waals surface area (Å²) in [6.07, 6.45) is 0.151. The SMILES string of the molecule is Cc1ccc(OCCN(C)C)cc1C(=O)N[C@H](C)c1cc(-c2cnn(C)c2)cc(-c2cn(C)nc2C(F)(F)F)c1. The number of ether oxygens (including phenoxy) is 1. The molecule has 8 nitrogen and oxygen atoms in total. The molecular weight excluding hydrogens is 521 g/mol. The van der Waals surface area contributed by atoms with Crippen molar-refractivity contribution in [3.8, 4) is 28.0 Å². The van der Waals surface area contributed by atoms with Crippen molar-refractivity contribution in [2.45, 2.75) is 26.1 Å². The number of nitrogens with one attached hydrogen (secondary N) is 1. The maximum atomic E-state index is 13.8. The zero-order valence-corrected chi connectivity index (χ0v) is 23.4. The average molecular weight is 555 g/mol. The van der Waals surface area contributed by atoms with Crippen molar-refractivity contribution in [3.05, 3.63) is 77.4 Å². The molecule has 0 unspecified atom stereocenters. The van der Waals surface area contributed by atoms with Gasteiger partial charge in [-0.25, -0.2) is 0 Å². The van der Waals surface area contributed by atoms with Gasteiger partial charge in [-0.3, -0.25) is 14.2 Å². The first-order valence-electron chi connectivity index (χ1n) is 12.8. The number of halogens is 3. The van der Waals surface area contributed by atoms with Crippen LogP contribution in [0, 0.1) is 6.92 Å². The Kier molecular flexibility index (Phi) is 8.34. The number of carbonyl (C=O) groups is 1. The van der Waals surface area contributed by atoms with Crippen molar-refractivity contribution < 1.29 is 22.7 Å². The van der Waals surface area contributed by atoms with Crippen molar-refractivity contribution in [2.24, 2.45) is 14.1 Å². The first kappa shape index (κ1) is 28.9. The van der Waals surface area contributed by atoms with Crippen molar-refractivity contribution in [1.82, 2.24) is 29.8 Å². The Labute approximate surface area is 231 Å². The van der Waals surface area contributed by atoms with E-state index in [2.05, 4.69) is 15.5 Å². The molecule has 0 aliphatic heterocycles. The molecule has 2 aromatic carbocycles. The molecule has 2 heterocycles. The number of hydrogen-bond donors (Lipinski definition) is 1. The summed E-state index contributed by atoms with van der Waals surface area (Å²) in [6.45, 7) is 4.84. The third-order valence-electron chi connectivity index (χ3n) is 6.51. The van der Waals surface area contributed by atoms with E-state index in [1.807, 2.05) is 44.1 Å². The topological polar surface area (TPSA) is 77.2 Å². The molecular formula is C29H33F3N6O2. The molecule has 1 amide bonds. The van der Waals surface area contributed by atoms with Crippen LogP contribution in [-0.4, -0.2) is 57.6 Å². The maximum Gasteiger partial charge on any atom is 0.435 e. The van der Waals surface area contributed by atoms with E-state index in [0.717, 1.165) is 22.4 Å². The van der Waals surface area contributed by atoms with Gasteiger partial charge in [0.05, 0.1) is 12.2 Å². The first-order valence-corrected chi connectivity index (χ1v) is 12.8. The number of aromatic nitrogens is 4. The van der Waals surface area contributed by atoms with E-state index in [0.29, 0.717) is 34.6 Å². The molecule has 11 heteroatoms. The predicted octanol–water partition coefficient (Wildman–Crippen LogP) is 5.25. The fourth-order valence-electron chi connectivity index (χ4n) is 4.34. The van der Waals surface area contributed by atoms with E-state index in [9.17, 15) is 18.0 Å². The van der Waals surface area contributed by atoms with Gasteiger partial charge in [-0.15, -0.1) is 0 Å². The first-order chi connectivity index (χ1) is 18.8.